The molecule has 1 aromatic rings. The standard InChI is InChI=1S/C17H26O/c18-17-14-10-9-13-16(17)15-11-7-5-3-1-2-4-6-8-12-15/h9-10,13-15,18H,1-8,11-12H2. The molecule has 100 valence electrons. The summed E-state index contributed by atoms with van der Waals surface area (Å²) in [5.41, 5.74) is 1.18. The summed E-state index contributed by atoms with van der Waals surface area (Å²) in [5.74, 6) is 1.07. The van der Waals surface area contributed by atoms with Gasteiger partial charge in [0.1, 0.15) is 5.75 Å². The lowest BCUT2D eigenvalue weighted by atomic mass is 9.88. The quantitative estimate of drug-likeness (QED) is 0.704. The highest BCUT2D eigenvalue weighted by Crippen LogP contribution is 2.34. The Morgan fingerprint density at radius 3 is 1.78 bits per heavy atom. The molecule has 2 rings (SSSR count). The van der Waals surface area contributed by atoms with Gasteiger partial charge in [-0.25, -0.2) is 0 Å². The third-order valence-electron chi connectivity index (χ3n) is 4.23. The summed E-state index contributed by atoms with van der Waals surface area (Å²) < 4.78 is 0. The molecule has 1 aliphatic carbocycles. The number of phenolic OH excluding ortho intramolecular Hbond substituents is 1. The summed E-state index contributed by atoms with van der Waals surface area (Å²) in [6.07, 6.45) is 13.5. The lowest BCUT2D eigenvalue weighted by Crippen LogP contribution is -2.00. The summed E-state index contributed by atoms with van der Waals surface area (Å²) in [5, 5.41) is 10.0. The number of hydrogen-bond donors (Lipinski definition) is 1. The van der Waals surface area contributed by atoms with Crippen molar-refractivity contribution < 1.29 is 5.11 Å². The minimum absolute atomic E-state index is 0.498. The summed E-state index contributed by atoms with van der Waals surface area (Å²) >= 11 is 0. The van der Waals surface area contributed by atoms with Crippen molar-refractivity contribution in [2.24, 2.45) is 0 Å². The van der Waals surface area contributed by atoms with Gasteiger partial charge in [-0.15, -0.1) is 0 Å². The van der Waals surface area contributed by atoms with E-state index in [9.17, 15) is 5.11 Å². The van der Waals surface area contributed by atoms with E-state index in [0.717, 1.165) is 0 Å². The fourth-order valence-electron chi connectivity index (χ4n) is 3.13. The van der Waals surface area contributed by atoms with Crippen LogP contribution in [0.4, 0.5) is 0 Å². The van der Waals surface area contributed by atoms with Crippen LogP contribution in [0.15, 0.2) is 24.3 Å². The van der Waals surface area contributed by atoms with Gasteiger partial charge in [-0.05, 0) is 30.4 Å². The van der Waals surface area contributed by atoms with E-state index in [-0.39, 0.29) is 0 Å². The largest absolute Gasteiger partial charge is 0.508 e. The molecule has 0 saturated heterocycles. The Morgan fingerprint density at radius 2 is 1.22 bits per heavy atom. The van der Waals surface area contributed by atoms with Gasteiger partial charge in [-0.2, -0.15) is 0 Å². The van der Waals surface area contributed by atoms with Gasteiger partial charge in [-0.3, -0.25) is 0 Å². The summed E-state index contributed by atoms with van der Waals surface area (Å²) in [6.45, 7) is 0. The van der Waals surface area contributed by atoms with Gasteiger partial charge in [-0.1, -0.05) is 69.6 Å². The normalized spacial score (nSPS) is 20.2. The van der Waals surface area contributed by atoms with Gasteiger partial charge in [0.25, 0.3) is 0 Å². The van der Waals surface area contributed by atoms with E-state index in [4.69, 9.17) is 0 Å². The molecule has 1 heteroatoms. The molecular weight excluding hydrogens is 220 g/mol. The van der Waals surface area contributed by atoms with Crippen LogP contribution in [-0.4, -0.2) is 5.11 Å². The van der Waals surface area contributed by atoms with Gasteiger partial charge in [0.2, 0.25) is 0 Å². The molecule has 1 aromatic carbocycles. The molecule has 1 aliphatic rings. The lowest BCUT2D eigenvalue weighted by Gasteiger charge is -2.18. The predicted molar refractivity (Wildman–Crippen MR) is 77.0 cm³/mol. The highest BCUT2D eigenvalue weighted by Gasteiger charge is 2.15. The third-order valence-corrected chi connectivity index (χ3v) is 4.23. The van der Waals surface area contributed by atoms with E-state index in [1.54, 1.807) is 0 Å². The molecule has 0 atom stereocenters. The van der Waals surface area contributed by atoms with Crippen LogP contribution in [0.1, 0.15) is 75.7 Å². The Hall–Kier alpha value is -0.980. The van der Waals surface area contributed by atoms with Crippen molar-refractivity contribution in [2.45, 2.75) is 70.1 Å². The zero-order chi connectivity index (χ0) is 12.6. The Labute approximate surface area is 111 Å². The fourth-order valence-corrected chi connectivity index (χ4v) is 3.13. The van der Waals surface area contributed by atoms with Gasteiger partial charge in [0.05, 0.1) is 0 Å². The van der Waals surface area contributed by atoms with Crippen LogP contribution in [0.25, 0.3) is 0 Å². The van der Waals surface area contributed by atoms with Crippen molar-refractivity contribution in [1.82, 2.24) is 0 Å². The smallest absolute Gasteiger partial charge is 0.119 e. The number of phenols is 1. The maximum atomic E-state index is 10.0. The molecule has 0 amide bonds. The Kier molecular flexibility index (Phi) is 5.57. The molecule has 0 bridgehead atoms. The van der Waals surface area contributed by atoms with Gasteiger partial charge in [0, 0.05) is 0 Å². The summed E-state index contributed by atoms with van der Waals surface area (Å²) in [7, 11) is 0. The summed E-state index contributed by atoms with van der Waals surface area (Å²) in [6, 6.07) is 7.92. The highest BCUT2D eigenvalue weighted by molar-refractivity contribution is 5.34. The molecule has 1 fully saturated rings. The Morgan fingerprint density at radius 1 is 0.722 bits per heavy atom. The Balaban J connectivity index is 2.01. The highest BCUT2D eigenvalue weighted by atomic mass is 16.3. The van der Waals surface area contributed by atoms with Crippen molar-refractivity contribution >= 4 is 0 Å². The molecule has 1 N–H and O–H groups in total. The van der Waals surface area contributed by atoms with Crippen LogP contribution in [0.3, 0.4) is 0 Å². The maximum absolute atomic E-state index is 10.0. The number of rotatable bonds is 1. The van der Waals surface area contributed by atoms with Gasteiger partial charge < -0.3 is 5.11 Å². The first kappa shape index (κ1) is 13.5. The monoisotopic (exact) mass is 246 g/mol. The maximum Gasteiger partial charge on any atom is 0.119 e. The predicted octanol–water partition coefficient (Wildman–Crippen LogP) is 5.39. The third kappa shape index (κ3) is 4.04. The van der Waals surface area contributed by atoms with Crippen LogP contribution in [0.5, 0.6) is 5.75 Å². The fraction of sp³-hybridized carbons (Fsp3) is 0.647. The first-order chi connectivity index (χ1) is 8.88. The minimum Gasteiger partial charge on any atom is -0.508 e. The van der Waals surface area contributed by atoms with E-state index in [1.807, 2.05) is 12.1 Å². The lowest BCUT2D eigenvalue weighted by molar-refractivity contribution is 0.443. The second-order valence-electron chi connectivity index (χ2n) is 5.66. The molecule has 0 radical (unpaired) electrons. The van der Waals surface area contributed by atoms with Crippen LogP contribution in [0, 0.1) is 0 Å². The van der Waals surface area contributed by atoms with Crippen LogP contribution < -0.4 is 0 Å². The molecule has 1 saturated carbocycles. The molecule has 0 unspecified atom stereocenters. The van der Waals surface area contributed by atoms with Crippen molar-refractivity contribution in [3.8, 4) is 5.75 Å². The molecule has 0 spiro atoms. The van der Waals surface area contributed by atoms with E-state index >= 15 is 0 Å². The molecular formula is C17H26O. The van der Waals surface area contributed by atoms with Crippen molar-refractivity contribution in [1.29, 1.82) is 0 Å². The molecule has 0 aromatic heterocycles. The van der Waals surface area contributed by atoms with Crippen LogP contribution >= 0.6 is 0 Å². The molecule has 0 aliphatic heterocycles. The van der Waals surface area contributed by atoms with Crippen molar-refractivity contribution in [2.75, 3.05) is 0 Å². The zero-order valence-electron chi connectivity index (χ0n) is 11.4. The minimum atomic E-state index is 0.498. The van der Waals surface area contributed by atoms with Crippen molar-refractivity contribution in [3.63, 3.8) is 0 Å². The topological polar surface area (TPSA) is 20.2 Å². The van der Waals surface area contributed by atoms with Gasteiger partial charge >= 0.3 is 0 Å². The van der Waals surface area contributed by atoms with Crippen LogP contribution in [0.2, 0.25) is 0 Å². The van der Waals surface area contributed by atoms with Gasteiger partial charge in [0.15, 0.2) is 0 Å². The second-order valence-corrected chi connectivity index (χ2v) is 5.66. The summed E-state index contributed by atoms with van der Waals surface area (Å²) in [4.78, 5) is 0. The first-order valence-electron chi connectivity index (χ1n) is 7.66. The molecule has 1 nitrogen and oxygen atoms in total. The molecule has 18 heavy (non-hydrogen) atoms. The van der Waals surface area contributed by atoms with E-state index < -0.39 is 0 Å². The van der Waals surface area contributed by atoms with E-state index in [1.165, 1.54) is 69.8 Å². The number of benzene rings is 1. The van der Waals surface area contributed by atoms with Crippen LogP contribution in [-0.2, 0) is 0 Å². The number of hydrogen-bond acceptors (Lipinski definition) is 1. The number of aromatic hydroxyl groups is 1. The second kappa shape index (κ2) is 7.45. The average Bonchev–Trinajstić information content (AvgIpc) is 2.44. The van der Waals surface area contributed by atoms with E-state index in [2.05, 4.69) is 12.1 Å². The average molecular weight is 246 g/mol. The molecule has 0 heterocycles. The van der Waals surface area contributed by atoms with Crippen molar-refractivity contribution in [3.05, 3.63) is 29.8 Å². The zero-order valence-corrected chi connectivity index (χ0v) is 11.4. The Bertz CT molecular complexity index is 333. The van der Waals surface area contributed by atoms with E-state index in [0.29, 0.717) is 11.7 Å². The number of para-hydroxylation sites is 1. The first-order valence-corrected chi connectivity index (χ1v) is 7.66. The SMILES string of the molecule is Oc1ccccc1C1CCCCCCCCCC1.